The zero-order chi connectivity index (χ0) is 14.1. The van der Waals surface area contributed by atoms with Crippen LogP contribution in [0, 0.1) is 3.57 Å². The standard InChI is InChI=1S/C15H13BrINO2/c16-11-8-14-13(19-5-6-20-14)7-10(11)15(18)9-3-1-2-4-12(9)17/h1-4,7-8,15H,5-6,18H2. The normalized spacial score (nSPS) is 14.9. The number of hydrogen-bond acceptors (Lipinski definition) is 3. The Balaban J connectivity index is 2.03. The van der Waals surface area contributed by atoms with Crippen molar-refractivity contribution in [3.8, 4) is 11.5 Å². The quantitative estimate of drug-likeness (QED) is 0.713. The fourth-order valence-corrected chi connectivity index (χ4v) is 3.50. The maximum atomic E-state index is 6.42. The summed E-state index contributed by atoms with van der Waals surface area (Å²) in [5, 5.41) is 0. The molecule has 1 aliphatic rings. The number of hydrogen-bond donors (Lipinski definition) is 1. The van der Waals surface area contributed by atoms with Gasteiger partial charge >= 0.3 is 0 Å². The summed E-state index contributed by atoms with van der Waals surface area (Å²) in [6.45, 7) is 1.16. The third-order valence-corrected chi connectivity index (χ3v) is 4.91. The van der Waals surface area contributed by atoms with E-state index < -0.39 is 0 Å². The zero-order valence-electron chi connectivity index (χ0n) is 10.6. The molecule has 1 unspecified atom stereocenters. The van der Waals surface area contributed by atoms with Gasteiger partial charge in [0.1, 0.15) is 13.2 Å². The van der Waals surface area contributed by atoms with Gasteiger partial charge in [-0.1, -0.05) is 34.1 Å². The van der Waals surface area contributed by atoms with Crippen molar-refractivity contribution in [1.82, 2.24) is 0 Å². The van der Waals surface area contributed by atoms with Crippen LogP contribution in [0.15, 0.2) is 40.9 Å². The Labute approximate surface area is 139 Å². The van der Waals surface area contributed by atoms with Crippen LogP contribution in [0.25, 0.3) is 0 Å². The highest BCUT2D eigenvalue weighted by atomic mass is 127. The van der Waals surface area contributed by atoms with Crippen LogP contribution in [-0.4, -0.2) is 13.2 Å². The van der Waals surface area contributed by atoms with Gasteiger partial charge in [0.25, 0.3) is 0 Å². The van der Waals surface area contributed by atoms with E-state index in [1.807, 2.05) is 24.3 Å². The predicted molar refractivity (Wildman–Crippen MR) is 90.3 cm³/mol. The molecule has 1 heterocycles. The van der Waals surface area contributed by atoms with Crippen molar-refractivity contribution in [2.24, 2.45) is 5.73 Å². The molecule has 2 aromatic rings. The Bertz CT molecular complexity index is 648. The smallest absolute Gasteiger partial charge is 0.162 e. The first-order valence-corrected chi connectivity index (χ1v) is 8.13. The van der Waals surface area contributed by atoms with Crippen LogP contribution >= 0.6 is 38.5 Å². The molecule has 3 rings (SSSR count). The Morgan fingerprint density at radius 3 is 2.40 bits per heavy atom. The molecule has 3 nitrogen and oxygen atoms in total. The molecule has 0 spiro atoms. The summed E-state index contributed by atoms with van der Waals surface area (Å²) in [5.74, 6) is 1.53. The van der Waals surface area contributed by atoms with Crippen LogP contribution in [0.3, 0.4) is 0 Å². The summed E-state index contributed by atoms with van der Waals surface area (Å²) in [6.07, 6.45) is 0. The molecule has 2 aromatic carbocycles. The molecular weight excluding hydrogens is 433 g/mol. The number of halogens is 2. The van der Waals surface area contributed by atoms with E-state index in [0.717, 1.165) is 30.7 Å². The molecule has 0 bridgehead atoms. The van der Waals surface area contributed by atoms with Gasteiger partial charge in [-0.25, -0.2) is 0 Å². The summed E-state index contributed by atoms with van der Waals surface area (Å²) < 4.78 is 13.3. The first-order chi connectivity index (χ1) is 9.66. The third-order valence-electron chi connectivity index (χ3n) is 3.24. The molecule has 0 amide bonds. The van der Waals surface area contributed by atoms with Gasteiger partial charge in [-0.3, -0.25) is 0 Å². The van der Waals surface area contributed by atoms with Gasteiger partial charge in [-0.05, 0) is 51.9 Å². The monoisotopic (exact) mass is 445 g/mol. The van der Waals surface area contributed by atoms with Gasteiger partial charge in [0.05, 0.1) is 6.04 Å². The number of nitrogens with two attached hydrogens (primary N) is 1. The minimum absolute atomic E-state index is 0.201. The average molecular weight is 446 g/mol. The average Bonchev–Trinajstić information content (AvgIpc) is 2.46. The molecule has 104 valence electrons. The van der Waals surface area contributed by atoms with E-state index >= 15 is 0 Å². The Kier molecular flexibility index (Phi) is 4.18. The van der Waals surface area contributed by atoms with E-state index in [1.54, 1.807) is 0 Å². The topological polar surface area (TPSA) is 44.5 Å². The number of fused-ring (bicyclic) bond motifs is 1. The van der Waals surface area contributed by atoms with Crippen LogP contribution < -0.4 is 15.2 Å². The second-order valence-electron chi connectivity index (χ2n) is 4.52. The fraction of sp³-hybridized carbons (Fsp3) is 0.200. The second-order valence-corrected chi connectivity index (χ2v) is 6.53. The molecule has 0 radical (unpaired) electrons. The molecular formula is C15H13BrINO2. The summed E-state index contributed by atoms with van der Waals surface area (Å²) >= 11 is 5.89. The van der Waals surface area contributed by atoms with Crippen molar-refractivity contribution in [2.45, 2.75) is 6.04 Å². The maximum Gasteiger partial charge on any atom is 0.162 e. The third kappa shape index (κ3) is 2.66. The lowest BCUT2D eigenvalue weighted by molar-refractivity contribution is 0.171. The Morgan fingerprint density at radius 2 is 1.70 bits per heavy atom. The van der Waals surface area contributed by atoms with Crippen LogP contribution in [0.1, 0.15) is 17.2 Å². The minimum Gasteiger partial charge on any atom is -0.486 e. The Morgan fingerprint density at radius 1 is 1.05 bits per heavy atom. The molecule has 0 saturated heterocycles. The lowest BCUT2D eigenvalue weighted by Crippen LogP contribution is -2.18. The van der Waals surface area contributed by atoms with Crippen LogP contribution in [0.4, 0.5) is 0 Å². The Hall–Kier alpha value is -0.790. The van der Waals surface area contributed by atoms with Gasteiger partial charge in [0, 0.05) is 8.04 Å². The molecule has 0 fully saturated rings. The van der Waals surface area contributed by atoms with Gasteiger partial charge in [0.15, 0.2) is 11.5 Å². The molecule has 5 heteroatoms. The highest BCUT2D eigenvalue weighted by Gasteiger charge is 2.20. The predicted octanol–water partition coefficient (Wildman–Crippen LogP) is 3.87. The number of benzene rings is 2. The van der Waals surface area contributed by atoms with Crippen molar-refractivity contribution in [2.75, 3.05) is 13.2 Å². The largest absolute Gasteiger partial charge is 0.486 e. The number of rotatable bonds is 2. The minimum atomic E-state index is -0.201. The molecule has 1 atom stereocenters. The molecule has 0 saturated carbocycles. The lowest BCUT2D eigenvalue weighted by Gasteiger charge is -2.22. The molecule has 0 aromatic heterocycles. The van der Waals surface area contributed by atoms with E-state index in [9.17, 15) is 0 Å². The maximum absolute atomic E-state index is 6.42. The summed E-state index contributed by atoms with van der Waals surface area (Å²) in [5.41, 5.74) is 8.52. The first-order valence-electron chi connectivity index (χ1n) is 6.26. The summed E-state index contributed by atoms with van der Waals surface area (Å²) in [7, 11) is 0. The molecule has 2 N–H and O–H groups in total. The van der Waals surface area contributed by atoms with Crippen molar-refractivity contribution in [3.63, 3.8) is 0 Å². The van der Waals surface area contributed by atoms with E-state index in [1.165, 1.54) is 0 Å². The van der Waals surface area contributed by atoms with Gasteiger partial charge in [0.2, 0.25) is 0 Å². The van der Waals surface area contributed by atoms with E-state index in [0.29, 0.717) is 13.2 Å². The van der Waals surface area contributed by atoms with Gasteiger partial charge in [-0.2, -0.15) is 0 Å². The first kappa shape index (κ1) is 14.2. The SMILES string of the molecule is NC(c1cc2c(cc1Br)OCCO2)c1ccccc1I. The van der Waals surface area contributed by atoms with Crippen LogP contribution in [-0.2, 0) is 0 Å². The summed E-state index contributed by atoms with van der Waals surface area (Å²) in [6, 6.07) is 11.8. The zero-order valence-corrected chi connectivity index (χ0v) is 14.3. The van der Waals surface area contributed by atoms with E-state index in [4.69, 9.17) is 15.2 Å². The summed E-state index contributed by atoms with van der Waals surface area (Å²) in [4.78, 5) is 0. The van der Waals surface area contributed by atoms with E-state index in [2.05, 4.69) is 50.7 Å². The van der Waals surface area contributed by atoms with Crippen molar-refractivity contribution in [1.29, 1.82) is 0 Å². The van der Waals surface area contributed by atoms with Crippen LogP contribution in [0.2, 0.25) is 0 Å². The fourth-order valence-electron chi connectivity index (χ4n) is 2.21. The molecule has 20 heavy (non-hydrogen) atoms. The van der Waals surface area contributed by atoms with Crippen molar-refractivity contribution >= 4 is 38.5 Å². The molecule has 1 aliphatic heterocycles. The highest BCUT2D eigenvalue weighted by molar-refractivity contribution is 14.1. The number of ether oxygens (including phenoxy) is 2. The highest BCUT2D eigenvalue weighted by Crippen LogP contribution is 2.39. The van der Waals surface area contributed by atoms with Gasteiger partial charge < -0.3 is 15.2 Å². The van der Waals surface area contributed by atoms with Crippen molar-refractivity contribution in [3.05, 3.63) is 55.6 Å². The van der Waals surface area contributed by atoms with Crippen LogP contribution in [0.5, 0.6) is 11.5 Å². The van der Waals surface area contributed by atoms with Crippen molar-refractivity contribution < 1.29 is 9.47 Å². The van der Waals surface area contributed by atoms with Gasteiger partial charge in [-0.15, -0.1) is 0 Å². The lowest BCUT2D eigenvalue weighted by atomic mass is 9.99. The van der Waals surface area contributed by atoms with E-state index in [-0.39, 0.29) is 6.04 Å². The second kappa shape index (κ2) is 5.91. The molecule has 0 aliphatic carbocycles.